The molecule has 0 spiro atoms. The second-order valence-electron chi connectivity index (χ2n) is 4.64. The molecule has 0 heterocycles. The summed E-state index contributed by atoms with van der Waals surface area (Å²) in [6.07, 6.45) is 1.72. The minimum Gasteiger partial charge on any atom is -0.481 e. The Balaban J connectivity index is 2.17. The normalized spacial score (nSPS) is 19.1. The summed E-state index contributed by atoms with van der Waals surface area (Å²) in [7, 11) is 0. The van der Waals surface area contributed by atoms with Crippen LogP contribution in [0.4, 0.5) is 0 Å². The molecule has 0 aromatic heterocycles. The fourth-order valence-corrected chi connectivity index (χ4v) is 2.05. The average molecular weight is 220 g/mol. The Labute approximate surface area is 94.7 Å². The minimum absolute atomic E-state index is 0.361. The molecule has 1 aliphatic rings. The van der Waals surface area contributed by atoms with E-state index in [-0.39, 0.29) is 6.10 Å². The second kappa shape index (κ2) is 3.91. The molecule has 0 radical (unpaired) electrons. The summed E-state index contributed by atoms with van der Waals surface area (Å²) in [5, 5.41) is 18.4. The van der Waals surface area contributed by atoms with Gasteiger partial charge in [0.1, 0.15) is 0 Å². The van der Waals surface area contributed by atoms with Crippen molar-refractivity contribution < 1.29 is 15.0 Å². The third kappa shape index (κ3) is 1.95. The maximum Gasteiger partial charge on any atom is 0.314 e. The smallest absolute Gasteiger partial charge is 0.314 e. The maximum absolute atomic E-state index is 11.1. The van der Waals surface area contributed by atoms with Crippen LogP contribution in [0.5, 0.6) is 0 Å². The van der Waals surface area contributed by atoms with Crippen LogP contribution < -0.4 is 0 Å². The van der Waals surface area contributed by atoms with Gasteiger partial charge in [0.05, 0.1) is 11.5 Å². The van der Waals surface area contributed by atoms with Crippen molar-refractivity contribution in [1.82, 2.24) is 0 Å². The molecule has 1 unspecified atom stereocenters. The number of rotatable bonds is 4. The quantitative estimate of drug-likeness (QED) is 0.812. The monoisotopic (exact) mass is 220 g/mol. The zero-order valence-electron chi connectivity index (χ0n) is 9.31. The first-order valence-electron chi connectivity index (χ1n) is 5.55. The molecule has 0 aliphatic heterocycles. The van der Waals surface area contributed by atoms with Gasteiger partial charge in [-0.2, -0.15) is 0 Å². The third-order valence-electron chi connectivity index (χ3n) is 3.20. The summed E-state index contributed by atoms with van der Waals surface area (Å²) in [6.45, 7) is 1.74. The Morgan fingerprint density at radius 3 is 2.31 bits per heavy atom. The summed E-state index contributed by atoms with van der Waals surface area (Å²) in [5.74, 6) is -0.726. The molecule has 1 aromatic carbocycles. The van der Waals surface area contributed by atoms with Gasteiger partial charge < -0.3 is 10.2 Å². The van der Waals surface area contributed by atoms with Crippen molar-refractivity contribution in [2.24, 2.45) is 0 Å². The highest BCUT2D eigenvalue weighted by Gasteiger charge is 2.51. The Morgan fingerprint density at radius 2 is 1.94 bits per heavy atom. The van der Waals surface area contributed by atoms with Gasteiger partial charge in [-0.05, 0) is 37.3 Å². The van der Waals surface area contributed by atoms with Crippen LogP contribution >= 0.6 is 0 Å². The number of hydrogen-bond acceptors (Lipinski definition) is 2. The molecule has 86 valence electrons. The van der Waals surface area contributed by atoms with Gasteiger partial charge >= 0.3 is 5.97 Å². The first kappa shape index (κ1) is 11.1. The van der Waals surface area contributed by atoms with Crippen LogP contribution in [0.3, 0.4) is 0 Å². The Hall–Kier alpha value is -1.35. The van der Waals surface area contributed by atoms with Gasteiger partial charge in [-0.3, -0.25) is 4.79 Å². The molecule has 3 nitrogen and oxygen atoms in total. The lowest BCUT2D eigenvalue weighted by molar-refractivity contribution is -0.140. The number of aliphatic carboxylic acids is 1. The van der Waals surface area contributed by atoms with Gasteiger partial charge in [0.15, 0.2) is 0 Å². The summed E-state index contributed by atoms with van der Waals surface area (Å²) in [6, 6.07) is 7.56. The standard InChI is InChI=1S/C13H16O3/c1-9(14)8-10-2-4-11(5-3-10)13(6-7-13)12(15)16/h2-5,9,14H,6-8H2,1H3,(H,15,16). The number of aliphatic hydroxyl groups is 1. The second-order valence-corrected chi connectivity index (χ2v) is 4.64. The highest BCUT2D eigenvalue weighted by atomic mass is 16.4. The molecule has 1 atom stereocenters. The van der Waals surface area contributed by atoms with Gasteiger partial charge in [-0.1, -0.05) is 24.3 Å². The van der Waals surface area contributed by atoms with Crippen molar-refractivity contribution in [2.75, 3.05) is 0 Å². The molecule has 2 rings (SSSR count). The maximum atomic E-state index is 11.1. The zero-order valence-corrected chi connectivity index (χ0v) is 9.31. The van der Waals surface area contributed by atoms with Crippen LogP contribution in [0.25, 0.3) is 0 Å². The molecule has 1 aliphatic carbocycles. The van der Waals surface area contributed by atoms with Crippen molar-refractivity contribution in [1.29, 1.82) is 0 Å². The van der Waals surface area contributed by atoms with Crippen LogP contribution in [-0.4, -0.2) is 22.3 Å². The van der Waals surface area contributed by atoms with E-state index in [9.17, 15) is 9.90 Å². The van der Waals surface area contributed by atoms with E-state index < -0.39 is 11.4 Å². The molecular weight excluding hydrogens is 204 g/mol. The molecule has 1 saturated carbocycles. The van der Waals surface area contributed by atoms with Crippen LogP contribution in [0, 0.1) is 0 Å². The predicted octanol–water partition coefficient (Wildman–Crippen LogP) is 1.73. The summed E-state index contributed by atoms with van der Waals surface area (Å²) >= 11 is 0. The van der Waals surface area contributed by atoms with Crippen LogP contribution in [0.2, 0.25) is 0 Å². The first-order valence-corrected chi connectivity index (χ1v) is 5.55. The molecule has 0 bridgehead atoms. The SMILES string of the molecule is CC(O)Cc1ccc(C2(C(=O)O)CC2)cc1. The number of carbonyl (C=O) groups is 1. The van der Waals surface area contributed by atoms with Gasteiger partial charge in [-0.25, -0.2) is 0 Å². The number of carboxylic acid groups (broad SMARTS) is 1. The van der Waals surface area contributed by atoms with E-state index in [1.165, 1.54) is 0 Å². The fraction of sp³-hybridized carbons (Fsp3) is 0.462. The number of carboxylic acids is 1. The van der Waals surface area contributed by atoms with E-state index in [2.05, 4.69) is 0 Å². The third-order valence-corrected chi connectivity index (χ3v) is 3.20. The highest BCUT2D eigenvalue weighted by Crippen LogP contribution is 2.48. The molecule has 0 saturated heterocycles. The fourth-order valence-electron chi connectivity index (χ4n) is 2.05. The molecule has 0 amide bonds. The molecule has 16 heavy (non-hydrogen) atoms. The van der Waals surface area contributed by atoms with Crippen LogP contribution in [-0.2, 0) is 16.6 Å². The van der Waals surface area contributed by atoms with Crippen LogP contribution in [0.15, 0.2) is 24.3 Å². The highest BCUT2D eigenvalue weighted by molar-refractivity contribution is 5.84. The van der Waals surface area contributed by atoms with Crippen molar-refractivity contribution in [3.63, 3.8) is 0 Å². The van der Waals surface area contributed by atoms with E-state index in [4.69, 9.17) is 5.11 Å². The Bertz CT molecular complexity index is 388. The topological polar surface area (TPSA) is 57.5 Å². The lowest BCUT2D eigenvalue weighted by atomic mass is 9.94. The van der Waals surface area contributed by atoms with E-state index >= 15 is 0 Å². The summed E-state index contributed by atoms with van der Waals surface area (Å²) < 4.78 is 0. The lowest BCUT2D eigenvalue weighted by Crippen LogP contribution is -2.19. The van der Waals surface area contributed by atoms with Gasteiger partial charge in [0, 0.05) is 0 Å². The Kier molecular flexibility index (Phi) is 2.72. The summed E-state index contributed by atoms with van der Waals surface area (Å²) in [4.78, 5) is 11.1. The first-order chi connectivity index (χ1) is 7.54. The van der Waals surface area contributed by atoms with Crippen molar-refractivity contribution in [3.8, 4) is 0 Å². The number of hydrogen-bond donors (Lipinski definition) is 2. The van der Waals surface area contributed by atoms with Gasteiger partial charge in [-0.15, -0.1) is 0 Å². The average Bonchev–Trinajstić information content (AvgIpc) is 2.98. The largest absolute Gasteiger partial charge is 0.481 e. The van der Waals surface area contributed by atoms with Crippen molar-refractivity contribution in [2.45, 2.75) is 37.7 Å². The van der Waals surface area contributed by atoms with Crippen molar-refractivity contribution >= 4 is 5.97 Å². The number of benzene rings is 1. The minimum atomic E-state index is -0.726. The molecule has 1 aromatic rings. The predicted molar refractivity (Wildman–Crippen MR) is 60.4 cm³/mol. The van der Waals surface area contributed by atoms with Gasteiger partial charge in [0.25, 0.3) is 0 Å². The molecule has 1 fully saturated rings. The van der Waals surface area contributed by atoms with Crippen LogP contribution in [0.1, 0.15) is 30.9 Å². The molecule has 2 N–H and O–H groups in total. The zero-order chi connectivity index (χ0) is 11.8. The summed E-state index contributed by atoms with van der Waals surface area (Å²) in [5.41, 5.74) is 1.30. The van der Waals surface area contributed by atoms with Gasteiger partial charge in [0.2, 0.25) is 0 Å². The lowest BCUT2D eigenvalue weighted by Gasteiger charge is -2.11. The van der Waals surface area contributed by atoms with Crippen molar-refractivity contribution in [3.05, 3.63) is 35.4 Å². The number of aliphatic hydroxyl groups excluding tert-OH is 1. The van der Waals surface area contributed by atoms with E-state index in [1.807, 2.05) is 24.3 Å². The van der Waals surface area contributed by atoms with E-state index in [1.54, 1.807) is 6.92 Å². The molecule has 3 heteroatoms. The van der Waals surface area contributed by atoms with E-state index in [0.717, 1.165) is 24.0 Å². The van der Waals surface area contributed by atoms with E-state index in [0.29, 0.717) is 6.42 Å². The Morgan fingerprint density at radius 1 is 1.38 bits per heavy atom. The molecular formula is C13H16O3.